The molecule has 0 saturated heterocycles. The summed E-state index contributed by atoms with van der Waals surface area (Å²) in [4.78, 5) is 27.2. The second-order valence-corrected chi connectivity index (χ2v) is 4.98. The summed E-state index contributed by atoms with van der Waals surface area (Å²) in [5.74, 6) is -0.536. The Morgan fingerprint density at radius 3 is 2.67 bits per heavy atom. The number of carbonyl (C=O) groups is 2. The lowest BCUT2D eigenvalue weighted by Crippen LogP contribution is -2.28. The summed E-state index contributed by atoms with van der Waals surface area (Å²) in [6, 6.07) is 3.15. The fraction of sp³-hybridized carbons (Fsp3) is 0.417. The number of hydrogen-bond donors (Lipinski definition) is 1. The minimum absolute atomic E-state index is 0.0923. The number of aromatic nitrogens is 1. The van der Waals surface area contributed by atoms with Crippen LogP contribution in [0.4, 0.5) is 0 Å². The predicted octanol–water partition coefficient (Wildman–Crippen LogP) is 2.02. The summed E-state index contributed by atoms with van der Waals surface area (Å²) < 4.78 is 5.08. The number of nitrogens with one attached hydrogen (secondary N) is 1. The zero-order valence-corrected chi connectivity index (χ0v) is 12.1. The molecule has 1 aromatic heterocycles. The minimum atomic E-state index is -0.583. The molecule has 0 unspecified atom stereocenters. The van der Waals surface area contributed by atoms with Crippen molar-refractivity contribution < 1.29 is 14.3 Å². The third-order valence-electron chi connectivity index (χ3n) is 2.13. The number of halogens is 1. The van der Waals surface area contributed by atoms with E-state index in [2.05, 4.69) is 31.0 Å². The van der Waals surface area contributed by atoms with E-state index in [9.17, 15) is 9.59 Å². The molecule has 5 nitrogen and oxygen atoms in total. The monoisotopic (exact) mass is 314 g/mol. The number of rotatable bonds is 4. The lowest BCUT2D eigenvalue weighted by atomic mass is 10.2. The van der Waals surface area contributed by atoms with Crippen LogP contribution in [-0.2, 0) is 4.74 Å². The quantitative estimate of drug-likeness (QED) is 0.863. The number of carbonyl (C=O) groups excluding carboxylic acids is 2. The van der Waals surface area contributed by atoms with E-state index in [1.165, 1.54) is 7.11 Å². The van der Waals surface area contributed by atoms with Gasteiger partial charge in [-0.2, -0.15) is 0 Å². The van der Waals surface area contributed by atoms with Gasteiger partial charge in [-0.05, 0) is 34.0 Å². The number of pyridine rings is 1. The van der Waals surface area contributed by atoms with Gasteiger partial charge in [0.1, 0.15) is 5.69 Å². The molecule has 98 valence electrons. The maximum absolute atomic E-state index is 11.8. The van der Waals surface area contributed by atoms with Gasteiger partial charge in [0.05, 0.1) is 11.6 Å². The third-order valence-corrected chi connectivity index (χ3v) is 2.77. The van der Waals surface area contributed by atoms with E-state index >= 15 is 0 Å². The molecule has 0 fully saturated rings. The Morgan fingerprint density at radius 2 is 2.11 bits per heavy atom. The first-order valence-corrected chi connectivity index (χ1v) is 6.28. The number of amides is 1. The van der Waals surface area contributed by atoms with Crippen LogP contribution >= 0.6 is 15.9 Å². The Balaban J connectivity index is 2.91. The molecule has 0 aliphatic rings. The molecule has 0 atom stereocenters. The molecule has 0 aliphatic carbocycles. The molecule has 1 N–H and O–H groups in total. The standard InChI is InChI=1S/C12H15BrN2O3/c1-7(2)6-14-11(16)9-5-4-8(13)10(15-9)12(17)18-3/h4-5,7H,6H2,1-3H3,(H,14,16). The van der Waals surface area contributed by atoms with Crippen LogP contribution < -0.4 is 5.32 Å². The van der Waals surface area contributed by atoms with Crippen LogP contribution in [0.5, 0.6) is 0 Å². The van der Waals surface area contributed by atoms with Gasteiger partial charge in [-0.15, -0.1) is 0 Å². The summed E-state index contributed by atoms with van der Waals surface area (Å²) >= 11 is 3.19. The van der Waals surface area contributed by atoms with Gasteiger partial charge in [0.25, 0.3) is 5.91 Å². The van der Waals surface area contributed by atoms with Crippen molar-refractivity contribution in [1.82, 2.24) is 10.3 Å². The first kappa shape index (κ1) is 14.6. The van der Waals surface area contributed by atoms with Gasteiger partial charge < -0.3 is 10.1 Å². The summed E-state index contributed by atoms with van der Waals surface area (Å²) in [7, 11) is 1.27. The van der Waals surface area contributed by atoms with E-state index in [1.54, 1.807) is 12.1 Å². The van der Waals surface area contributed by atoms with E-state index < -0.39 is 5.97 Å². The molecule has 6 heteroatoms. The normalized spacial score (nSPS) is 10.3. The highest BCUT2D eigenvalue weighted by Crippen LogP contribution is 2.16. The van der Waals surface area contributed by atoms with Gasteiger partial charge in [-0.3, -0.25) is 4.79 Å². The number of methoxy groups -OCH3 is 1. The van der Waals surface area contributed by atoms with Crippen molar-refractivity contribution in [3.8, 4) is 0 Å². The number of esters is 1. The smallest absolute Gasteiger partial charge is 0.357 e. The molecule has 0 radical (unpaired) electrons. The molecule has 1 aromatic rings. The van der Waals surface area contributed by atoms with Crippen LogP contribution in [0.2, 0.25) is 0 Å². The van der Waals surface area contributed by atoms with Gasteiger partial charge in [0.15, 0.2) is 5.69 Å². The van der Waals surface area contributed by atoms with E-state index in [1.807, 2.05) is 13.8 Å². The second-order valence-electron chi connectivity index (χ2n) is 4.12. The van der Waals surface area contributed by atoms with Crippen LogP contribution in [0.1, 0.15) is 34.8 Å². The largest absolute Gasteiger partial charge is 0.464 e. The Kier molecular flexibility index (Phi) is 5.27. The van der Waals surface area contributed by atoms with Crippen LogP contribution in [0.3, 0.4) is 0 Å². The maximum atomic E-state index is 11.8. The molecule has 18 heavy (non-hydrogen) atoms. The van der Waals surface area contributed by atoms with Gasteiger partial charge in [-0.25, -0.2) is 9.78 Å². The van der Waals surface area contributed by atoms with Crippen LogP contribution in [-0.4, -0.2) is 30.5 Å². The average Bonchev–Trinajstić information content (AvgIpc) is 2.35. The second kappa shape index (κ2) is 6.49. The molecule has 1 rings (SSSR count). The van der Waals surface area contributed by atoms with Crippen molar-refractivity contribution in [2.75, 3.05) is 13.7 Å². The third kappa shape index (κ3) is 3.80. The molecular weight excluding hydrogens is 300 g/mol. The molecule has 0 bridgehead atoms. The first-order valence-electron chi connectivity index (χ1n) is 5.48. The predicted molar refractivity (Wildman–Crippen MR) is 70.4 cm³/mol. The van der Waals surface area contributed by atoms with Crippen molar-refractivity contribution >= 4 is 27.8 Å². The van der Waals surface area contributed by atoms with Gasteiger partial charge in [0.2, 0.25) is 0 Å². The highest BCUT2D eigenvalue weighted by atomic mass is 79.9. The van der Waals surface area contributed by atoms with E-state index in [-0.39, 0.29) is 17.3 Å². The van der Waals surface area contributed by atoms with Crippen LogP contribution in [0.25, 0.3) is 0 Å². The number of nitrogens with zero attached hydrogens (tertiary/aromatic N) is 1. The lowest BCUT2D eigenvalue weighted by molar-refractivity contribution is 0.0592. The summed E-state index contributed by atoms with van der Waals surface area (Å²) in [6.45, 7) is 4.55. The van der Waals surface area contributed by atoms with E-state index in [0.29, 0.717) is 16.9 Å². The fourth-order valence-electron chi connectivity index (χ4n) is 1.20. The fourth-order valence-corrected chi connectivity index (χ4v) is 1.58. The van der Waals surface area contributed by atoms with Gasteiger partial charge in [-0.1, -0.05) is 13.8 Å². The Bertz CT molecular complexity index is 461. The van der Waals surface area contributed by atoms with Crippen LogP contribution in [0.15, 0.2) is 16.6 Å². The molecule has 0 saturated carbocycles. The molecule has 1 amide bonds. The summed E-state index contributed by atoms with van der Waals surface area (Å²) in [5.41, 5.74) is 0.286. The Morgan fingerprint density at radius 1 is 1.44 bits per heavy atom. The molecule has 0 aliphatic heterocycles. The maximum Gasteiger partial charge on any atom is 0.357 e. The highest BCUT2D eigenvalue weighted by Gasteiger charge is 2.16. The summed E-state index contributed by atoms with van der Waals surface area (Å²) in [5, 5.41) is 2.73. The Hall–Kier alpha value is -1.43. The SMILES string of the molecule is COC(=O)c1nc(C(=O)NCC(C)C)ccc1Br. The zero-order chi connectivity index (χ0) is 13.7. The first-order chi connectivity index (χ1) is 8.45. The van der Waals surface area contributed by atoms with Crippen molar-refractivity contribution in [3.05, 3.63) is 28.0 Å². The Labute approximate surface area is 114 Å². The van der Waals surface area contributed by atoms with Crippen molar-refractivity contribution in [1.29, 1.82) is 0 Å². The average molecular weight is 315 g/mol. The topological polar surface area (TPSA) is 68.3 Å². The van der Waals surface area contributed by atoms with E-state index in [0.717, 1.165) is 0 Å². The van der Waals surface area contributed by atoms with E-state index in [4.69, 9.17) is 0 Å². The number of hydrogen-bond acceptors (Lipinski definition) is 4. The van der Waals surface area contributed by atoms with Crippen molar-refractivity contribution in [3.63, 3.8) is 0 Å². The van der Waals surface area contributed by atoms with Gasteiger partial charge >= 0.3 is 5.97 Å². The highest BCUT2D eigenvalue weighted by molar-refractivity contribution is 9.10. The van der Waals surface area contributed by atoms with Crippen molar-refractivity contribution in [2.45, 2.75) is 13.8 Å². The zero-order valence-electron chi connectivity index (χ0n) is 10.5. The molecule has 0 spiro atoms. The molecule has 0 aromatic carbocycles. The number of ether oxygens (including phenoxy) is 1. The van der Waals surface area contributed by atoms with Crippen molar-refractivity contribution in [2.24, 2.45) is 5.92 Å². The van der Waals surface area contributed by atoms with Gasteiger partial charge in [0, 0.05) is 6.54 Å². The molecule has 1 heterocycles. The summed E-state index contributed by atoms with van der Waals surface area (Å²) in [6.07, 6.45) is 0. The minimum Gasteiger partial charge on any atom is -0.464 e. The lowest BCUT2D eigenvalue weighted by Gasteiger charge is -2.08. The molecular formula is C12H15BrN2O3. The van der Waals surface area contributed by atoms with Crippen LogP contribution in [0, 0.1) is 5.92 Å².